The monoisotopic (exact) mass is 370 g/mol. The molecular formula is C19H13F3N4O. The van der Waals surface area contributed by atoms with E-state index in [1.165, 1.54) is 12.1 Å². The van der Waals surface area contributed by atoms with E-state index in [0.29, 0.717) is 34.0 Å². The number of hydrogen-bond acceptors (Lipinski definition) is 4. The highest BCUT2D eigenvalue weighted by molar-refractivity contribution is 5.67. The van der Waals surface area contributed by atoms with Gasteiger partial charge in [0.15, 0.2) is 11.5 Å². The molecule has 0 unspecified atom stereocenters. The van der Waals surface area contributed by atoms with Gasteiger partial charge < -0.3 is 4.74 Å². The molecule has 8 heteroatoms. The quantitative estimate of drug-likeness (QED) is 0.533. The number of fused-ring (bicyclic) bond motifs is 1. The Labute approximate surface area is 152 Å². The van der Waals surface area contributed by atoms with Crippen LogP contribution in [0.4, 0.5) is 13.2 Å². The summed E-state index contributed by atoms with van der Waals surface area (Å²) in [6.07, 6.45) is -4.37. The molecule has 0 bridgehead atoms. The summed E-state index contributed by atoms with van der Waals surface area (Å²) in [7, 11) is 1.56. The second-order valence-electron chi connectivity index (χ2n) is 5.79. The fourth-order valence-corrected chi connectivity index (χ4v) is 2.77. The molecule has 0 spiro atoms. The number of halogens is 3. The minimum absolute atomic E-state index is 0.483. The van der Waals surface area contributed by atoms with E-state index in [0.717, 1.165) is 12.1 Å². The third kappa shape index (κ3) is 3.10. The van der Waals surface area contributed by atoms with E-state index in [4.69, 9.17) is 4.74 Å². The van der Waals surface area contributed by atoms with Crippen LogP contribution in [-0.2, 0) is 6.18 Å². The molecule has 0 saturated heterocycles. The van der Waals surface area contributed by atoms with Crippen LogP contribution < -0.4 is 4.74 Å². The van der Waals surface area contributed by atoms with Gasteiger partial charge in [0.2, 0.25) is 0 Å². The van der Waals surface area contributed by atoms with Crippen molar-refractivity contribution in [2.45, 2.75) is 6.18 Å². The number of methoxy groups -OCH3 is 1. The van der Waals surface area contributed by atoms with Gasteiger partial charge >= 0.3 is 6.18 Å². The van der Waals surface area contributed by atoms with Gasteiger partial charge in [0.05, 0.1) is 23.9 Å². The van der Waals surface area contributed by atoms with E-state index in [9.17, 15) is 13.2 Å². The predicted molar refractivity (Wildman–Crippen MR) is 93.2 cm³/mol. The van der Waals surface area contributed by atoms with Gasteiger partial charge in [0.25, 0.3) is 0 Å². The summed E-state index contributed by atoms with van der Waals surface area (Å²) in [5, 5.41) is 12.8. The molecule has 0 fully saturated rings. The highest BCUT2D eigenvalue weighted by Crippen LogP contribution is 2.31. The third-order valence-electron chi connectivity index (χ3n) is 4.12. The number of hydrogen-bond donors (Lipinski definition) is 0. The Morgan fingerprint density at radius 3 is 2.33 bits per heavy atom. The summed E-state index contributed by atoms with van der Waals surface area (Å²) in [6.45, 7) is 0. The first-order valence-corrected chi connectivity index (χ1v) is 8.01. The maximum absolute atomic E-state index is 12.8. The van der Waals surface area contributed by atoms with Crippen LogP contribution in [0.3, 0.4) is 0 Å². The topological polar surface area (TPSA) is 52.3 Å². The van der Waals surface area contributed by atoms with Crippen LogP contribution >= 0.6 is 0 Å². The number of rotatable bonds is 3. The Kier molecular flexibility index (Phi) is 4.02. The average Bonchev–Trinajstić information content (AvgIpc) is 3.10. The van der Waals surface area contributed by atoms with Crippen LogP contribution in [0.2, 0.25) is 0 Å². The number of benzene rings is 2. The first kappa shape index (κ1) is 17.0. The largest absolute Gasteiger partial charge is 0.496 e. The molecule has 2 aromatic carbocycles. The Morgan fingerprint density at radius 2 is 1.63 bits per heavy atom. The lowest BCUT2D eigenvalue weighted by atomic mass is 10.1. The van der Waals surface area contributed by atoms with Crippen molar-refractivity contribution in [2.24, 2.45) is 0 Å². The van der Waals surface area contributed by atoms with Gasteiger partial charge in [-0.05, 0) is 36.4 Å². The lowest BCUT2D eigenvalue weighted by Gasteiger charge is -2.08. The maximum atomic E-state index is 12.8. The van der Waals surface area contributed by atoms with Crippen molar-refractivity contribution in [3.05, 3.63) is 66.2 Å². The first-order valence-electron chi connectivity index (χ1n) is 8.01. The fourth-order valence-electron chi connectivity index (χ4n) is 2.77. The average molecular weight is 370 g/mol. The lowest BCUT2D eigenvalue weighted by molar-refractivity contribution is -0.137. The normalized spacial score (nSPS) is 11.7. The molecule has 2 aromatic heterocycles. The zero-order valence-electron chi connectivity index (χ0n) is 14.1. The molecule has 0 aliphatic carbocycles. The van der Waals surface area contributed by atoms with Crippen molar-refractivity contribution in [3.63, 3.8) is 0 Å². The van der Waals surface area contributed by atoms with Crippen LogP contribution in [0, 0.1) is 0 Å². The molecular weight excluding hydrogens is 357 g/mol. The van der Waals surface area contributed by atoms with Gasteiger partial charge in [0, 0.05) is 5.56 Å². The molecule has 5 nitrogen and oxygen atoms in total. The molecule has 0 aliphatic heterocycles. The highest BCUT2D eigenvalue weighted by atomic mass is 19.4. The van der Waals surface area contributed by atoms with Crippen LogP contribution in [-0.4, -0.2) is 26.9 Å². The second kappa shape index (κ2) is 6.39. The van der Waals surface area contributed by atoms with E-state index in [2.05, 4.69) is 15.3 Å². The van der Waals surface area contributed by atoms with E-state index in [-0.39, 0.29) is 0 Å². The Hall–Kier alpha value is -3.42. The van der Waals surface area contributed by atoms with Crippen molar-refractivity contribution >= 4 is 5.65 Å². The van der Waals surface area contributed by atoms with Crippen molar-refractivity contribution in [2.75, 3.05) is 7.11 Å². The van der Waals surface area contributed by atoms with Crippen molar-refractivity contribution in [3.8, 4) is 28.4 Å². The molecule has 4 aromatic rings. The zero-order valence-corrected chi connectivity index (χ0v) is 14.1. The number of aromatic nitrogens is 4. The first-order chi connectivity index (χ1) is 13.0. The standard InChI is InChI=1S/C19H13F3N4O/c1-27-16-5-3-2-4-14(16)18-24-23-17-11-10-15(25-26(17)18)12-6-8-13(9-7-12)19(20,21)22/h2-11H,1H3. The zero-order chi connectivity index (χ0) is 19.0. The van der Waals surface area contributed by atoms with Gasteiger partial charge in [-0.15, -0.1) is 10.2 Å². The summed E-state index contributed by atoms with van der Waals surface area (Å²) < 4.78 is 45.2. The summed E-state index contributed by atoms with van der Waals surface area (Å²) in [5.74, 6) is 1.10. The number of alkyl halides is 3. The smallest absolute Gasteiger partial charge is 0.416 e. The van der Waals surface area contributed by atoms with Crippen LogP contribution in [0.15, 0.2) is 60.7 Å². The molecule has 27 heavy (non-hydrogen) atoms. The van der Waals surface area contributed by atoms with Crippen molar-refractivity contribution in [1.82, 2.24) is 19.8 Å². The lowest BCUT2D eigenvalue weighted by Crippen LogP contribution is -2.04. The van der Waals surface area contributed by atoms with Gasteiger partial charge in [0.1, 0.15) is 5.75 Å². The molecule has 0 aliphatic rings. The molecule has 0 amide bonds. The Bertz CT molecular complexity index is 1100. The molecule has 0 N–H and O–H groups in total. The van der Waals surface area contributed by atoms with Gasteiger partial charge in [-0.1, -0.05) is 24.3 Å². The molecule has 4 rings (SSSR count). The molecule has 0 radical (unpaired) electrons. The number of para-hydroxylation sites is 1. The van der Waals surface area contributed by atoms with E-state index in [1.807, 2.05) is 18.2 Å². The summed E-state index contributed by atoms with van der Waals surface area (Å²) in [6, 6.07) is 15.6. The Balaban J connectivity index is 1.81. The van der Waals surface area contributed by atoms with E-state index >= 15 is 0 Å². The van der Waals surface area contributed by atoms with Gasteiger partial charge in [-0.25, -0.2) is 0 Å². The minimum atomic E-state index is -4.37. The third-order valence-corrected chi connectivity index (χ3v) is 4.12. The Morgan fingerprint density at radius 1 is 0.889 bits per heavy atom. The van der Waals surface area contributed by atoms with Crippen LogP contribution in [0.1, 0.15) is 5.56 Å². The fraction of sp³-hybridized carbons (Fsp3) is 0.105. The number of ether oxygens (including phenoxy) is 1. The SMILES string of the molecule is COc1ccccc1-c1nnc2ccc(-c3ccc(C(F)(F)F)cc3)nn12. The molecule has 0 saturated carbocycles. The summed E-state index contributed by atoms with van der Waals surface area (Å²) in [5.41, 5.74) is 1.60. The second-order valence-corrected chi connectivity index (χ2v) is 5.79. The molecule has 2 heterocycles. The van der Waals surface area contributed by atoms with Gasteiger partial charge in [-0.3, -0.25) is 0 Å². The van der Waals surface area contributed by atoms with E-state index < -0.39 is 11.7 Å². The molecule has 0 atom stereocenters. The van der Waals surface area contributed by atoms with Crippen LogP contribution in [0.25, 0.3) is 28.3 Å². The minimum Gasteiger partial charge on any atom is -0.496 e. The van der Waals surface area contributed by atoms with Crippen molar-refractivity contribution in [1.29, 1.82) is 0 Å². The number of nitrogens with zero attached hydrogens (tertiary/aromatic N) is 4. The van der Waals surface area contributed by atoms with Crippen molar-refractivity contribution < 1.29 is 17.9 Å². The van der Waals surface area contributed by atoms with E-state index in [1.54, 1.807) is 29.8 Å². The maximum Gasteiger partial charge on any atom is 0.416 e. The van der Waals surface area contributed by atoms with Crippen LogP contribution in [0.5, 0.6) is 5.75 Å². The summed E-state index contributed by atoms with van der Waals surface area (Å²) in [4.78, 5) is 0. The highest BCUT2D eigenvalue weighted by Gasteiger charge is 2.30. The van der Waals surface area contributed by atoms with Gasteiger partial charge in [-0.2, -0.15) is 22.8 Å². The summed E-state index contributed by atoms with van der Waals surface area (Å²) >= 11 is 0. The predicted octanol–water partition coefficient (Wildman–Crippen LogP) is 4.49. The molecule has 136 valence electrons.